The molecule has 1 aromatic heterocycles. The van der Waals surface area contributed by atoms with Crippen molar-refractivity contribution in [2.24, 2.45) is 0 Å². The van der Waals surface area contributed by atoms with Crippen molar-refractivity contribution in [2.75, 3.05) is 28.4 Å². The van der Waals surface area contributed by atoms with Crippen LogP contribution in [0.3, 0.4) is 0 Å². The van der Waals surface area contributed by atoms with Crippen molar-refractivity contribution in [1.82, 2.24) is 0 Å². The van der Waals surface area contributed by atoms with Crippen molar-refractivity contribution in [3.63, 3.8) is 0 Å². The molecule has 0 saturated heterocycles. The number of hydrogen-bond donors (Lipinski definition) is 0. The molecule has 4 rings (SSSR count). The molecule has 1 aliphatic rings. The Bertz CT molecular complexity index is 1560. The molecule has 0 radical (unpaired) electrons. The van der Waals surface area contributed by atoms with Crippen molar-refractivity contribution >= 4 is 44.7 Å². The third-order valence-corrected chi connectivity index (χ3v) is 10.6. The summed E-state index contributed by atoms with van der Waals surface area (Å²) < 4.78 is 36.3. The van der Waals surface area contributed by atoms with Crippen molar-refractivity contribution in [2.45, 2.75) is 53.8 Å². The fourth-order valence-corrected chi connectivity index (χ4v) is 8.67. The fourth-order valence-electron chi connectivity index (χ4n) is 4.73. The Morgan fingerprint density at radius 1 is 0.605 bits per heavy atom. The lowest BCUT2D eigenvalue weighted by molar-refractivity contribution is 0.240. The van der Waals surface area contributed by atoms with Gasteiger partial charge in [-0.05, 0) is 88.7 Å². The highest BCUT2D eigenvalue weighted by atomic mass is 32.2. The molecule has 0 atom stereocenters. The molecule has 6 nitrogen and oxygen atoms in total. The first kappa shape index (κ1) is 32.8. The summed E-state index contributed by atoms with van der Waals surface area (Å²) in [5.74, 6) is 3.56. The molecule has 1 aliphatic heterocycles. The van der Waals surface area contributed by atoms with Crippen LogP contribution in [0.5, 0.6) is 23.0 Å². The van der Waals surface area contributed by atoms with Crippen LogP contribution in [-0.4, -0.2) is 40.6 Å². The Balaban J connectivity index is 1.93. The topological polar surface area (TPSA) is 55.4 Å². The second-order valence-corrected chi connectivity index (χ2v) is 13.4. The zero-order valence-corrected chi connectivity index (χ0v) is 28.9. The Morgan fingerprint density at radius 3 is 1.63 bits per heavy atom. The van der Waals surface area contributed by atoms with E-state index in [1.165, 1.54) is 23.5 Å². The lowest BCUT2D eigenvalue weighted by Gasteiger charge is -2.20. The van der Waals surface area contributed by atoms with Crippen LogP contribution in [0.25, 0.3) is 20.3 Å². The third kappa shape index (κ3) is 6.69. The molecule has 2 aromatic carbocycles. The number of thiophene rings is 1. The molecule has 230 valence electrons. The van der Waals surface area contributed by atoms with E-state index < -0.39 is 0 Å². The van der Waals surface area contributed by atoms with Crippen molar-refractivity contribution < 1.29 is 28.4 Å². The molecule has 0 amide bonds. The summed E-state index contributed by atoms with van der Waals surface area (Å²) in [5.41, 5.74) is 4.04. The van der Waals surface area contributed by atoms with E-state index in [-0.39, 0.29) is 12.2 Å². The quantitative estimate of drug-likeness (QED) is 0.205. The van der Waals surface area contributed by atoms with Crippen molar-refractivity contribution in [3.8, 4) is 33.4 Å². The summed E-state index contributed by atoms with van der Waals surface area (Å²) in [5, 5.41) is 0.726. The number of rotatable bonds is 11. The Morgan fingerprint density at radius 2 is 1.12 bits per heavy atom. The largest absolute Gasteiger partial charge is 0.496 e. The zero-order valence-electron chi connectivity index (χ0n) is 26.5. The predicted molar refractivity (Wildman–Crippen MR) is 182 cm³/mol. The summed E-state index contributed by atoms with van der Waals surface area (Å²) in [4.78, 5) is 4.69. The maximum Gasteiger partial charge on any atom is 0.173 e. The summed E-state index contributed by atoms with van der Waals surface area (Å²) in [6.45, 7) is 16.8. The van der Waals surface area contributed by atoms with Crippen LogP contribution >= 0.6 is 34.9 Å². The van der Waals surface area contributed by atoms with Gasteiger partial charge in [0.25, 0.3) is 0 Å². The van der Waals surface area contributed by atoms with Crippen LogP contribution < -0.4 is 18.9 Å². The first-order chi connectivity index (χ1) is 20.6. The third-order valence-electron chi connectivity index (χ3n) is 6.70. The Labute approximate surface area is 268 Å². The zero-order chi connectivity index (χ0) is 31.4. The molecule has 0 saturated carbocycles. The average Bonchev–Trinajstić information content (AvgIpc) is 3.17. The maximum atomic E-state index is 6.24. The molecule has 9 heteroatoms. The number of benzene rings is 2. The molecule has 0 fully saturated rings. The molecule has 43 heavy (non-hydrogen) atoms. The minimum atomic E-state index is -0.0338. The van der Waals surface area contributed by atoms with Gasteiger partial charge in [0.1, 0.15) is 28.8 Å². The predicted octanol–water partition coefficient (Wildman–Crippen LogP) is 9.90. The van der Waals surface area contributed by atoms with Crippen LogP contribution in [0.1, 0.15) is 49.3 Å². The van der Waals surface area contributed by atoms with E-state index in [0.29, 0.717) is 17.3 Å². The van der Waals surface area contributed by atoms with E-state index in [0.717, 1.165) is 63.3 Å². The first-order valence-corrected chi connectivity index (χ1v) is 16.4. The first-order valence-electron chi connectivity index (χ1n) is 14.0. The summed E-state index contributed by atoms with van der Waals surface area (Å²) in [6, 6.07) is 11.7. The van der Waals surface area contributed by atoms with Crippen LogP contribution in [0, 0.1) is 13.8 Å². The molecule has 0 N–H and O–H groups in total. The van der Waals surface area contributed by atoms with Gasteiger partial charge in [-0.25, -0.2) is 0 Å². The monoisotopic (exact) mass is 640 g/mol. The molecule has 0 unspecified atom stereocenters. The smallest absolute Gasteiger partial charge is 0.173 e. The molecular weight excluding hydrogens is 601 g/mol. The van der Waals surface area contributed by atoms with Crippen LogP contribution in [0.4, 0.5) is 0 Å². The van der Waals surface area contributed by atoms with E-state index >= 15 is 0 Å². The Kier molecular flexibility index (Phi) is 10.7. The van der Waals surface area contributed by atoms with Crippen molar-refractivity contribution in [1.29, 1.82) is 0 Å². The second-order valence-electron chi connectivity index (χ2n) is 10.3. The van der Waals surface area contributed by atoms with E-state index in [1.807, 2.05) is 64.1 Å². The van der Waals surface area contributed by atoms with Gasteiger partial charge in [0.05, 0.1) is 61.6 Å². The molecule has 2 heterocycles. The van der Waals surface area contributed by atoms with E-state index in [9.17, 15) is 0 Å². The highest BCUT2D eigenvalue weighted by Crippen LogP contribution is 2.57. The summed E-state index contributed by atoms with van der Waals surface area (Å²) in [7, 11) is 6.70. The standard InChI is InChI=1S/C34H40O6S3/c1-18(2)39-25-16-12-14-23(35-8)27(25)30-20(5)21(6)31(42-30)33-34(38-11)43-32(29(37-10)22(7)41-33)28-24(36-9)15-13-17-26(28)40-19(3)4/h12-19H,7H2,1-6,8-11H3. The second kappa shape index (κ2) is 14.1. The maximum absolute atomic E-state index is 6.24. The number of ether oxygens (including phenoxy) is 6. The SMILES string of the molecule is C=C1SC(c2sc(-c3c(OC)cccc3OC(C)C)c(C)c2C)=C(OC)SC(c2c(OC)cccc2OC(C)C)=C1OC. The van der Waals surface area contributed by atoms with Gasteiger partial charge < -0.3 is 28.4 Å². The molecule has 0 spiro atoms. The normalized spacial score (nSPS) is 13.9. The van der Waals surface area contributed by atoms with Gasteiger partial charge in [0, 0.05) is 14.7 Å². The fraction of sp³-hybridized carbons (Fsp3) is 0.353. The number of thioether (sulfide) groups is 2. The number of methoxy groups -OCH3 is 4. The number of hydrogen-bond acceptors (Lipinski definition) is 9. The average molecular weight is 641 g/mol. The lowest BCUT2D eigenvalue weighted by Crippen LogP contribution is -2.08. The van der Waals surface area contributed by atoms with Crippen LogP contribution in [-0.2, 0) is 9.47 Å². The lowest BCUT2D eigenvalue weighted by atomic mass is 10.0. The molecular formula is C34H40O6S3. The van der Waals surface area contributed by atoms with E-state index in [1.54, 1.807) is 39.8 Å². The Hall–Kier alpha value is -3.14. The van der Waals surface area contributed by atoms with E-state index in [2.05, 4.69) is 20.4 Å². The minimum Gasteiger partial charge on any atom is -0.496 e. The summed E-state index contributed by atoms with van der Waals surface area (Å²) >= 11 is 4.71. The summed E-state index contributed by atoms with van der Waals surface area (Å²) in [6.07, 6.45) is -0.0170. The highest BCUT2D eigenvalue weighted by Gasteiger charge is 2.32. The highest BCUT2D eigenvalue weighted by molar-refractivity contribution is 8.17. The van der Waals surface area contributed by atoms with Gasteiger partial charge in [-0.2, -0.15) is 0 Å². The van der Waals surface area contributed by atoms with Gasteiger partial charge in [0.2, 0.25) is 0 Å². The van der Waals surface area contributed by atoms with Crippen LogP contribution in [0.2, 0.25) is 0 Å². The van der Waals surface area contributed by atoms with Gasteiger partial charge >= 0.3 is 0 Å². The van der Waals surface area contributed by atoms with Crippen molar-refractivity contribution in [3.05, 3.63) is 80.3 Å². The van der Waals surface area contributed by atoms with Gasteiger partial charge in [0.15, 0.2) is 5.09 Å². The molecule has 0 aliphatic carbocycles. The van der Waals surface area contributed by atoms with Gasteiger partial charge in [-0.3, -0.25) is 0 Å². The van der Waals surface area contributed by atoms with E-state index in [4.69, 9.17) is 28.4 Å². The van der Waals surface area contributed by atoms with Crippen LogP contribution in [0.15, 0.2) is 58.7 Å². The molecule has 3 aromatic rings. The molecule has 0 bridgehead atoms. The van der Waals surface area contributed by atoms with Gasteiger partial charge in [-0.15, -0.1) is 11.3 Å². The van der Waals surface area contributed by atoms with Gasteiger partial charge in [-0.1, -0.05) is 30.5 Å². The minimum absolute atomic E-state index is 0.0168.